The molecule has 3 aromatic carbocycles. The number of carboxylic acids is 1. The molecule has 5 aromatic rings. The predicted octanol–water partition coefficient (Wildman–Crippen LogP) is 5.13. The second-order valence-electron chi connectivity index (χ2n) is 7.85. The van der Waals surface area contributed by atoms with Crippen molar-refractivity contribution in [1.29, 1.82) is 5.26 Å². The van der Waals surface area contributed by atoms with Crippen molar-refractivity contribution in [2.75, 3.05) is 12.2 Å². The second-order valence-corrected chi connectivity index (χ2v) is 7.85. The smallest absolute Gasteiger partial charge is 0.323 e. The fourth-order valence-electron chi connectivity index (χ4n) is 4.22. The number of para-hydroxylation sites is 2. The Labute approximate surface area is 199 Å². The number of anilines is 1. The van der Waals surface area contributed by atoms with E-state index in [1.54, 1.807) is 35.0 Å². The number of carbonyl (C=O) groups excluding carboxylic acids is 1. The molecule has 0 fully saturated rings. The fraction of sp³-hybridized carbons (Fsp3) is 0.0741. The summed E-state index contributed by atoms with van der Waals surface area (Å²) in [7, 11) is 1.34. The number of hydroxylamine groups is 1. The first kappa shape index (κ1) is 21.9. The third kappa shape index (κ3) is 3.90. The zero-order chi connectivity index (χ0) is 24.5. The van der Waals surface area contributed by atoms with E-state index in [1.165, 1.54) is 13.2 Å². The first-order chi connectivity index (χ1) is 17.0. The van der Waals surface area contributed by atoms with Gasteiger partial charge in [-0.1, -0.05) is 36.4 Å². The van der Waals surface area contributed by atoms with Gasteiger partial charge in [-0.25, -0.2) is 0 Å². The van der Waals surface area contributed by atoms with E-state index in [1.807, 2.05) is 48.5 Å². The van der Waals surface area contributed by atoms with Gasteiger partial charge in [0, 0.05) is 39.5 Å². The van der Waals surface area contributed by atoms with Crippen LogP contribution in [0, 0.1) is 11.3 Å². The second kappa shape index (κ2) is 8.82. The molecule has 0 aliphatic carbocycles. The summed E-state index contributed by atoms with van der Waals surface area (Å²) in [5, 5.41) is 22.6. The van der Waals surface area contributed by atoms with Crippen molar-refractivity contribution in [2.45, 2.75) is 6.54 Å². The maximum Gasteiger partial charge on any atom is 0.323 e. The molecule has 8 nitrogen and oxygen atoms in total. The molecule has 1 N–H and O–H groups in total. The van der Waals surface area contributed by atoms with Gasteiger partial charge in [0.25, 0.3) is 5.91 Å². The number of rotatable bonds is 6. The highest BCUT2D eigenvalue weighted by Gasteiger charge is 2.22. The Morgan fingerprint density at radius 2 is 1.77 bits per heavy atom. The molecular weight excluding hydrogens is 446 g/mol. The van der Waals surface area contributed by atoms with Crippen LogP contribution in [0.25, 0.3) is 38.9 Å². The van der Waals surface area contributed by atoms with Crippen LogP contribution in [0.1, 0.15) is 5.56 Å². The van der Waals surface area contributed by atoms with E-state index < -0.39 is 11.9 Å². The molecule has 0 unspecified atom stereocenters. The van der Waals surface area contributed by atoms with Crippen LogP contribution < -0.4 is 5.06 Å². The number of fused-ring (bicyclic) bond motifs is 4. The van der Waals surface area contributed by atoms with Crippen LogP contribution in [0.15, 0.2) is 82.9 Å². The van der Waals surface area contributed by atoms with Crippen molar-refractivity contribution >= 4 is 56.5 Å². The molecule has 2 heterocycles. The predicted molar refractivity (Wildman–Crippen MR) is 131 cm³/mol. The monoisotopic (exact) mass is 465 g/mol. The average molecular weight is 465 g/mol. The number of benzene rings is 3. The largest absolute Gasteiger partial charge is 0.480 e. The molecule has 35 heavy (non-hydrogen) atoms. The summed E-state index contributed by atoms with van der Waals surface area (Å²) >= 11 is 0. The van der Waals surface area contributed by atoms with Gasteiger partial charge in [-0.3, -0.25) is 14.4 Å². The van der Waals surface area contributed by atoms with E-state index in [0.717, 1.165) is 26.8 Å². The van der Waals surface area contributed by atoms with E-state index in [-0.39, 0.29) is 12.1 Å². The number of hydrogen-bond donors (Lipinski definition) is 1. The van der Waals surface area contributed by atoms with Gasteiger partial charge in [0.1, 0.15) is 29.4 Å². The third-order valence-electron chi connectivity index (χ3n) is 5.74. The molecule has 0 aliphatic rings. The van der Waals surface area contributed by atoms with Gasteiger partial charge >= 0.3 is 5.97 Å². The number of amides is 1. The minimum absolute atomic E-state index is 0.171. The Morgan fingerprint density at radius 3 is 2.51 bits per heavy atom. The molecule has 0 spiro atoms. The number of aliphatic carboxylic acids is 1. The Morgan fingerprint density at radius 1 is 1.06 bits per heavy atom. The standard InChI is InChI=1S/C27H19N3O5/c1-34-30(19-10-11-22-21-7-3-5-9-24(21)35-25(22)13-19)27(33)17(14-28)12-18-15-29(16-26(31)32)23-8-4-2-6-20(18)23/h2-13,15H,16H2,1H3,(H,31,32). The van der Waals surface area contributed by atoms with Crippen LogP contribution in [-0.2, 0) is 21.0 Å². The number of carbonyl (C=O) groups is 2. The average Bonchev–Trinajstić information content (AvgIpc) is 3.40. The first-order valence-electron chi connectivity index (χ1n) is 10.7. The summed E-state index contributed by atoms with van der Waals surface area (Å²) in [5.41, 5.74) is 2.77. The summed E-state index contributed by atoms with van der Waals surface area (Å²) in [6, 6.07) is 22.0. The molecule has 2 aromatic heterocycles. The molecule has 172 valence electrons. The summed E-state index contributed by atoms with van der Waals surface area (Å²) < 4.78 is 7.47. The van der Waals surface area contributed by atoms with E-state index in [9.17, 15) is 20.0 Å². The van der Waals surface area contributed by atoms with Crippen molar-refractivity contribution < 1.29 is 24.0 Å². The molecule has 0 saturated heterocycles. The number of furan rings is 1. The zero-order valence-corrected chi connectivity index (χ0v) is 18.6. The van der Waals surface area contributed by atoms with E-state index in [4.69, 9.17) is 9.25 Å². The number of nitrogens with zero attached hydrogens (tertiary/aromatic N) is 3. The molecule has 0 radical (unpaired) electrons. The topological polar surface area (TPSA) is 109 Å². The highest BCUT2D eigenvalue weighted by Crippen LogP contribution is 2.32. The van der Waals surface area contributed by atoms with Crippen LogP contribution >= 0.6 is 0 Å². The Kier molecular flexibility index (Phi) is 5.53. The van der Waals surface area contributed by atoms with Gasteiger partial charge in [-0.15, -0.1) is 0 Å². The number of nitriles is 1. The number of hydrogen-bond acceptors (Lipinski definition) is 5. The lowest BCUT2D eigenvalue weighted by Gasteiger charge is -2.19. The molecule has 5 rings (SSSR count). The zero-order valence-electron chi connectivity index (χ0n) is 18.6. The highest BCUT2D eigenvalue weighted by molar-refractivity contribution is 6.12. The van der Waals surface area contributed by atoms with Crippen LogP contribution in [0.2, 0.25) is 0 Å². The summed E-state index contributed by atoms with van der Waals surface area (Å²) in [5.74, 6) is -1.66. The van der Waals surface area contributed by atoms with E-state index >= 15 is 0 Å². The normalized spacial score (nSPS) is 11.7. The quantitative estimate of drug-likeness (QED) is 0.212. The fourth-order valence-corrected chi connectivity index (χ4v) is 4.22. The minimum atomic E-state index is -0.996. The Bertz CT molecular complexity index is 1690. The SMILES string of the molecule is CON(C(=O)C(C#N)=Cc1cn(CC(=O)O)c2ccccc12)c1ccc2c(c1)oc1ccccc12. The van der Waals surface area contributed by atoms with Crippen LogP contribution in [0.5, 0.6) is 0 Å². The summed E-state index contributed by atoms with van der Waals surface area (Å²) in [6.07, 6.45) is 3.05. The summed E-state index contributed by atoms with van der Waals surface area (Å²) in [6.45, 7) is -0.244. The minimum Gasteiger partial charge on any atom is -0.480 e. The molecule has 0 bridgehead atoms. The summed E-state index contributed by atoms with van der Waals surface area (Å²) in [4.78, 5) is 29.9. The van der Waals surface area contributed by atoms with Gasteiger partial charge in [-0.2, -0.15) is 10.3 Å². The van der Waals surface area contributed by atoms with Gasteiger partial charge < -0.3 is 14.1 Å². The van der Waals surface area contributed by atoms with Crippen molar-refractivity contribution in [3.05, 3.63) is 84.1 Å². The number of carboxylic acid groups (broad SMARTS) is 1. The van der Waals surface area contributed by atoms with Crippen LogP contribution in [0.4, 0.5) is 5.69 Å². The maximum atomic E-state index is 13.3. The van der Waals surface area contributed by atoms with Gasteiger partial charge in [-0.05, 0) is 30.3 Å². The van der Waals surface area contributed by atoms with Gasteiger partial charge in [0.15, 0.2) is 0 Å². The number of aromatic nitrogens is 1. The van der Waals surface area contributed by atoms with Gasteiger partial charge in [0.2, 0.25) is 0 Å². The first-order valence-corrected chi connectivity index (χ1v) is 10.7. The van der Waals surface area contributed by atoms with Crippen molar-refractivity contribution in [3.8, 4) is 6.07 Å². The molecular formula is C27H19N3O5. The lowest BCUT2D eigenvalue weighted by molar-refractivity contribution is -0.137. The van der Waals surface area contributed by atoms with Crippen molar-refractivity contribution in [2.24, 2.45) is 0 Å². The van der Waals surface area contributed by atoms with Crippen molar-refractivity contribution in [1.82, 2.24) is 4.57 Å². The highest BCUT2D eigenvalue weighted by atomic mass is 16.7. The lowest BCUT2D eigenvalue weighted by Crippen LogP contribution is -2.30. The van der Waals surface area contributed by atoms with Crippen LogP contribution in [0.3, 0.4) is 0 Å². The maximum absolute atomic E-state index is 13.3. The molecule has 8 heteroatoms. The molecule has 0 aliphatic heterocycles. The van der Waals surface area contributed by atoms with Crippen molar-refractivity contribution in [3.63, 3.8) is 0 Å². The van der Waals surface area contributed by atoms with Crippen LogP contribution in [-0.4, -0.2) is 28.7 Å². The van der Waals surface area contributed by atoms with Gasteiger partial charge in [0.05, 0.1) is 12.8 Å². The Balaban J connectivity index is 1.54. The lowest BCUT2D eigenvalue weighted by atomic mass is 10.1. The van der Waals surface area contributed by atoms with E-state index in [0.29, 0.717) is 22.4 Å². The third-order valence-corrected chi connectivity index (χ3v) is 5.74. The molecule has 0 saturated carbocycles. The molecule has 0 atom stereocenters. The van der Waals surface area contributed by atoms with E-state index in [2.05, 4.69) is 0 Å². The molecule has 1 amide bonds. The Hall–Kier alpha value is -4.87.